The second-order valence-corrected chi connectivity index (χ2v) is 9.42. The number of halogens is 1. The van der Waals surface area contributed by atoms with Crippen LogP contribution >= 0.6 is 11.6 Å². The van der Waals surface area contributed by atoms with Crippen molar-refractivity contribution < 1.29 is 9.59 Å². The van der Waals surface area contributed by atoms with Crippen LogP contribution in [0.2, 0.25) is 0 Å². The van der Waals surface area contributed by atoms with Gasteiger partial charge in [-0.25, -0.2) is 0 Å². The third kappa shape index (κ3) is 7.94. The number of nitrogens with zero attached hydrogens (tertiary/aromatic N) is 2. The first-order chi connectivity index (χ1) is 15.0. The molecule has 0 aliphatic carbocycles. The third-order valence-corrected chi connectivity index (χ3v) is 5.35. The first-order valence-corrected chi connectivity index (χ1v) is 11.6. The maximum absolute atomic E-state index is 12.9. The molecular formula is C26H38ClN3O2. The van der Waals surface area contributed by atoms with Crippen LogP contribution in [0.3, 0.4) is 0 Å². The van der Waals surface area contributed by atoms with Crippen LogP contribution in [-0.2, 0) is 9.59 Å². The zero-order valence-electron chi connectivity index (χ0n) is 20.4. The highest BCUT2D eigenvalue weighted by molar-refractivity contribution is 6.36. The molecule has 1 fully saturated rings. The van der Waals surface area contributed by atoms with Crippen molar-refractivity contribution in [2.75, 3.05) is 6.54 Å². The fourth-order valence-corrected chi connectivity index (χ4v) is 3.79. The Morgan fingerprint density at radius 2 is 1.88 bits per heavy atom. The first kappa shape index (κ1) is 27.6. The minimum absolute atomic E-state index is 0.0496. The summed E-state index contributed by atoms with van der Waals surface area (Å²) in [6, 6.07) is 7.13. The molecule has 1 aromatic carbocycles. The molecule has 2 unspecified atom stereocenters. The number of nitrogens with one attached hydrogen (secondary N) is 1. The van der Waals surface area contributed by atoms with Crippen LogP contribution in [0.15, 0.2) is 47.1 Å². The van der Waals surface area contributed by atoms with Crippen molar-refractivity contribution in [3.05, 3.63) is 53.2 Å². The standard InChI is InChI=1S/C24H32ClN3O2.C2H6/c1-16(25)20(15-26-6)19-11-9-18(10-12-19)17(2)27-23(30)21-8-7-13-28(21)22(29)14-24(3,4)5;1-2/h9-12,15,17,21H,1,6-8,13-14H2,2-5H3,(H,27,30);1-2H3/b20-15+;. The van der Waals surface area contributed by atoms with Gasteiger partial charge < -0.3 is 10.2 Å². The van der Waals surface area contributed by atoms with Gasteiger partial charge >= 0.3 is 0 Å². The average Bonchev–Trinajstić information content (AvgIpc) is 3.22. The van der Waals surface area contributed by atoms with Crippen LogP contribution in [0.25, 0.3) is 5.57 Å². The van der Waals surface area contributed by atoms with E-state index >= 15 is 0 Å². The molecule has 0 saturated carbocycles. The summed E-state index contributed by atoms with van der Waals surface area (Å²) in [5, 5.41) is 3.45. The molecular weight excluding hydrogens is 422 g/mol. The lowest BCUT2D eigenvalue weighted by Gasteiger charge is -2.28. The number of hydrogen-bond donors (Lipinski definition) is 1. The zero-order valence-corrected chi connectivity index (χ0v) is 21.1. The molecule has 1 saturated heterocycles. The van der Waals surface area contributed by atoms with E-state index in [0.29, 0.717) is 30.0 Å². The van der Waals surface area contributed by atoms with Gasteiger partial charge in [0.25, 0.3) is 0 Å². The molecule has 0 spiro atoms. The zero-order chi connectivity index (χ0) is 24.5. The number of carbonyl (C=O) groups excluding carboxylic acids is 2. The van der Waals surface area contributed by atoms with Crippen molar-refractivity contribution >= 4 is 35.7 Å². The summed E-state index contributed by atoms with van der Waals surface area (Å²) >= 11 is 6.04. The van der Waals surface area contributed by atoms with Crippen LogP contribution in [0, 0.1) is 5.41 Å². The van der Waals surface area contributed by atoms with Gasteiger partial charge in [-0.15, -0.1) is 0 Å². The van der Waals surface area contributed by atoms with Crippen molar-refractivity contribution in [2.24, 2.45) is 10.4 Å². The van der Waals surface area contributed by atoms with E-state index in [9.17, 15) is 9.59 Å². The van der Waals surface area contributed by atoms with E-state index in [-0.39, 0.29) is 23.3 Å². The van der Waals surface area contributed by atoms with Gasteiger partial charge in [0, 0.05) is 29.8 Å². The average molecular weight is 460 g/mol. The summed E-state index contributed by atoms with van der Waals surface area (Å²) in [7, 11) is 0. The van der Waals surface area contributed by atoms with Crippen LogP contribution < -0.4 is 5.32 Å². The number of hydrogen-bond acceptors (Lipinski definition) is 3. The van der Waals surface area contributed by atoms with Gasteiger partial charge in [0.1, 0.15) is 6.04 Å². The number of aliphatic imine (C=N–C) groups is 1. The maximum atomic E-state index is 12.9. The van der Waals surface area contributed by atoms with Crippen LogP contribution in [0.1, 0.15) is 78.0 Å². The topological polar surface area (TPSA) is 61.8 Å². The van der Waals surface area contributed by atoms with Gasteiger partial charge in [-0.2, -0.15) is 0 Å². The Kier molecular flexibility index (Phi) is 10.9. The Morgan fingerprint density at radius 1 is 1.28 bits per heavy atom. The summed E-state index contributed by atoms with van der Waals surface area (Å²) in [4.78, 5) is 31.1. The molecule has 0 radical (unpaired) electrons. The van der Waals surface area contributed by atoms with Crippen LogP contribution in [0.5, 0.6) is 0 Å². The van der Waals surface area contributed by atoms with Gasteiger partial charge in [0.05, 0.1) is 6.04 Å². The highest BCUT2D eigenvalue weighted by Gasteiger charge is 2.35. The lowest BCUT2D eigenvalue weighted by molar-refractivity contribution is -0.140. The van der Waals surface area contributed by atoms with Crippen molar-refractivity contribution in [2.45, 2.75) is 72.9 Å². The lowest BCUT2D eigenvalue weighted by Crippen LogP contribution is -2.47. The molecule has 2 rings (SSSR count). The summed E-state index contributed by atoms with van der Waals surface area (Å²) in [6.07, 6.45) is 3.56. The molecule has 0 aromatic heterocycles. The highest BCUT2D eigenvalue weighted by Crippen LogP contribution is 2.27. The van der Waals surface area contributed by atoms with Crippen molar-refractivity contribution in [1.29, 1.82) is 0 Å². The van der Waals surface area contributed by atoms with Crippen LogP contribution in [-0.4, -0.2) is 36.0 Å². The molecule has 6 heteroatoms. The largest absolute Gasteiger partial charge is 0.348 e. The molecule has 1 aliphatic heterocycles. The van der Waals surface area contributed by atoms with E-state index in [2.05, 4.69) is 23.6 Å². The number of benzene rings is 1. The van der Waals surface area contributed by atoms with Gasteiger partial charge in [-0.1, -0.05) is 77.1 Å². The maximum Gasteiger partial charge on any atom is 0.243 e. The molecule has 0 bridgehead atoms. The highest BCUT2D eigenvalue weighted by atomic mass is 35.5. The SMILES string of the molecule is C=N/C=C(\C(=C)Cl)c1ccc(C(C)NC(=O)C2CCCN2C(=O)CC(C)(C)C)cc1.CC. The van der Waals surface area contributed by atoms with E-state index in [0.717, 1.165) is 17.5 Å². The van der Waals surface area contributed by atoms with Gasteiger partial charge in [0.2, 0.25) is 11.8 Å². The second kappa shape index (κ2) is 12.6. The lowest BCUT2D eigenvalue weighted by atomic mass is 9.91. The summed E-state index contributed by atoms with van der Waals surface area (Å²) in [5.41, 5.74) is 2.44. The van der Waals surface area contributed by atoms with E-state index in [1.165, 1.54) is 0 Å². The monoisotopic (exact) mass is 459 g/mol. The predicted molar refractivity (Wildman–Crippen MR) is 136 cm³/mol. The number of allylic oxidation sites excluding steroid dienone is 2. The van der Waals surface area contributed by atoms with Crippen LogP contribution in [0.4, 0.5) is 0 Å². The smallest absolute Gasteiger partial charge is 0.243 e. The Morgan fingerprint density at radius 3 is 2.38 bits per heavy atom. The van der Waals surface area contributed by atoms with Gasteiger partial charge in [0.15, 0.2) is 0 Å². The molecule has 1 aromatic rings. The molecule has 1 N–H and O–H groups in total. The Hall–Kier alpha value is -2.40. The van der Waals surface area contributed by atoms with Crippen molar-refractivity contribution in [1.82, 2.24) is 10.2 Å². The van der Waals surface area contributed by atoms with E-state index in [1.54, 1.807) is 11.1 Å². The number of carbonyl (C=O) groups is 2. The fourth-order valence-electron chi connectivity index (χ4n) is 3.63. The third-order valence-electron chi connectivity index (χ3n) is 5.15. The summed E-state index contributed by atoms with van der Waals surface area (Å²) < 4.78 is 0. The molecule has 32 heavy (non-hydrogen) atoms. The van der Waals surface area contributed by atoms with E-state index in [4.69, 9.17) is 11.6 Å². The van der Waals surface area contributed by atoms with E-state index < -0.39 is 6.04 Å². The Labute approximate surface area is 198 Å². The quantitative estimate of drug-likeness (QED) is 0.394. The molecule has 5 nitrogen and oxygen atoms in total. The number of amides is 2. The molecule has 1 heterocycles. The molecule has 2 amide bonds. The van der Waals surface area contributed by atoms with Crippen molar-refractivity contribution in [3.63, 3.8) is 0 Å². The minimum Gasteiger partial charge on any atom is -0.348 e. The number of likely N-dealkylation sites (tertiary alicyclic amines) is 1. The van der Waals surface area contributed by atoms with Crippen molar-refractivity contribution in [3.8, 4) is 0 Å². The normalized spacial score (nSPS) is 17.2. The second-order valence-electron chi connectivity index (χ2n) is 8.97. The summed E-state index contributed by atoms with van der Waals surface area (Å²) in [5.74, 6) is -0.0504. The first-order valence-electron chi connectivity index (χ1n) is 11.2. The fraction of sp³-hybridized carbons (Fsp3) is 0.500. The Bertz CT molecular complexity index is 838. The molecule has 1 aliphatic rings. The summed E-state index contributed by atoms with van der Waals surface area (Å²) in [6.45, 7) is 19.9. The van der Waals surface area contributed by atoms with E-state index in [1.807, 2.05) is 65.8 Å². The minimum atomic E-state index is -0.394. The van der Waals surface area contributed by atoms with Gasteiger partial charge in [-0.05, 0) is 43.0 Å². The Balaban J connectivity index is 0.00000249. The molecule has 176 valence electrons. The predicted octanol–water partition coefficient (Wildman–Crippen LogP) is 6.11. The van der Waals surface area contributed by atoms with Gasteiger partial charge in [-0.3, -0.25) is 14.6 Å². The molecule has 2 atom stereocenters. The number of rotatable bonds is 7.